The number of thioether (sulfide) groups is 1. The molecule has 0 radical (unpaired) electrons. The van der Waals surface area contributed by atoms with Gasteiger partial charge in [0, 0.05) is 23.4 Å². The summed E-state index contributed by atoms with van der Waals surface area (Å²) < 4.78 is 10.9. The van der Waals surface area contributed by atoms with E-state index in [4.69, 9.17) is 9.26 Å². The number of hydrogen-bond acceptors (Lipinski definition) is 9. The lowest BCUT2D eigenvalue weighted by atomic mass is 10.1. The first-order chi connectivity index (χ1) is 15.6. The number of anilines is 2. The Labute approximate surface area is 191 Å². The number of ether oxygens (including phenoxy) is 1. The van der Waals surface area contributed by atoms with Gasteiger partial charge in [-0.15, -0.1) is 10.2 Å². The van der Waals surface area contributed by atoms with Gasteiger partial charge in [-0.2, -0.15) is 0 Å². The molecule has 11 heteroatoms. The highest BCUT2D eigenvalue weighted by atomic mass is 32.2. The Morgan fingerprint density at radius 2 is 1.91 bits per heavy atom. The minimum absolute atomic E-state index is 0.130. The summed E-state index contributed by atoms with van der Waals surface area (Å²) >= 11 is 2.38. The summed E-state index contributed by atoms with van der Waals surface area (Å²) in [5.74, 6) is 0.637. The van der Waals surface area contributed by atoms with Crippen LogP contribution >= 0.6 is 23.1 Å². The molecule has 2 heterocycles. The van der Waals surface area contributed by atoms with Crippen LogP contribution in [0.4, 0.5) is 10.8 Å². The molecule has 0 aliphatic rings. The van der Waals surface area contributed by atoms with E-state index in [-0.39, 0.29) is 17.4 Å². The van der Waals surface area contributed by atoms with Crippen molar-refractivity contribution in [3.63, 3.8) is 0 Å². The van der Waals surface area contributed by atoms with Gasteiger partial charge in [0.15, 0.2) is 15.8 Å². The van der Waals surface area contributed by atoms with Gasteiger partial charge in [-0.05, 0) is 12.1 Å². The average Bonchev–Trinajstić information content (AvgIpc) is 3.48. The van der Waals surface area contributed by atoms with Crippen molar-refractivity contribution in [2.24, 2.45) is 0 Å². The van der Waals surface area contributed by atoms with Gasteiger partial charge < -0.3 is 14.6 Å². The van der Waals surface area contributed by atoms with Crippen molar-refractivity contribution >= 4 is 45.7 Å². The zero-order valence-corrected chi connectivity index (χ0v) is 18.4. The molecule has 0 saturated heterocycles. The molecule has 162 valence electrons. The fraction of sp³-hybridized carbons (Fsp3) is 0.0952. The lowest BCUT2D eigenvalue weighted by molar-refractivity contribution is -0.113. The second-order valence-electron chi connectivity index (χ2n) is 6.34. The molecule has 4 rings (SSSR count). The van der Waals surface area contributed by atoms with Crippen molar-refractivity contribution in [2.45, 2.75) is 4.34 Å². The van der Waals surface area contributed by atoms with Gasteiger partial charge in [0.25, 0.3) is 5.91 Å². The van der Waals surface area contributed by atoms with Crippen LogP contribution in [0.25, 0.3) is 11.3 Å². The quantitative estimate of drug-likeness (QED) is 0.292. The number of amides is 2. The van der Waals surface area contributed by atoms with Crippen LogP contribution in [0.3, 0.4) is 0 Å². The zero-order valence-electron chi connectivity index (χ0n) is 16.8. The molecule has 0 fully saturated rings. The molecular weight excluding hydrogens is 450 g/mol. The van der Waals surface area contributed by atoms with Crippen LogP contribution in [0.2, 0.25) is 0 Å². The maximum absolute atomic E-state index is 12.4. The number of benzene rings is 2. The van der Waals surface area contributed by atoms with Crippen molar-refractivity contribution in [1.29, 1.82) is 0 Å². The smallest absolute Gasteiger partial charge is 0.279 e. The number of rotatable bonds is 8. The number of aromatic nitrogens is 3. The van der Waals surface area contributed by atoms with Crippen LogP contribution in [0, 0.1) is 0 Å². The molecule has 0 aliphatic carbocycles. The molecule has 0 atom stereocenters. The van der Waals surface area contributed by atoms with E-state index in [2.05, 4.69) is 26.0 Å². The molecule has 0 spiro atoms. The van der Waals surface area contributed by atoms with E-state index < -0.39 is 5.91 Å². The fourth-order valence-corrected chi connectivity index (χ4v) is 4.17. The molecule has 2 amide bonds. The Balaban J connectivity index is 1.29. The molecule has 2 aromatic carbocycles. The Morgan fingerprint density at radius 1 is 1.06 bits per heavy atom. The Bertz CT molecular complexity index is 1230. The largest absolute Gasteiger partial charge is 0.497 e. The minimum Gasteiger partial charge on any atom is -0.497 e. The van der Waals surface area contributed by atoms with Gasteiger partial charge in [-0.25, -0.2) is 0 Å². The molecule has 32 heavy (non-hydrogen) atoms. The van der Waals surface area contributed by atoms with Crippen LogP contribution in [0.1, 0.15) is 10.5 Å². The third-order valence-electron chi connectivity index (χ3n) is 4.11. The van der Waals surface area contributed by atoms with E-state index in [0.717, 1.165) is 16.9 Å². The first-order valence-corrected chi connectivity index (χ1v) is 11.1. The van der Waals surface area contributed by atoms with E-state index in [9.17, 15) is 9.59 Å². The van der Waals surface area contributed by atoms with Crippen molar-refractivity contribution in [1.82, 2.24) is 15.4 Å². The summed E-state index contributed by atoms with van der Waals surface area (Å²) in [6, 6.07) is 18.0. The monoisotopic (exact) mass is 467 g/mol. The van der Waals surface area contributed by atoms with E-state index >= 15 is 0 Å². The Morgan fingerprint density at radius 3 is 2.72 bits per heavy atom. The SMILES string of the molecule is COc1cccc(NC(=O)CSc2nnc(NC(=O)c3cc(-c4ccccc4)on3)s2)c1. The number of nitrogens with zero attached hydrogens (tertiary/aromatic N) is 3. The molecule has 2 N–H and O–H groups in total. The van der Waals surface area contributed by atoms with Gasteiger partial charge in [0.2, 0.25) is 11.0 Å². The summed E-state index contributed by atoms with van der Waals surface area (Å²) in [5, 5.41) is 17.5. The number of carbonyl (C=O) groups is 2. The van der Waals surface area contributed by atoms with Crippen molar-refractivity contribution < 1.29 is 18.8 Å². The third kappa shape index (κ3) is 5.50. The highest BCUT2D eigenvalue weighted by Crippen LogP contribution is 2.27. The van der Waals surface area contributed by atoms with Crippen LogP contribution < -0.4 is 15.4 Å². The topological polar surface area (TPSA) is 119 Å². The molecule has 4 aromatic rings. The molecule has 0 saturated carbocycles. The van der Waals surface area contributed by atoms with Crippen molar-refractivity contribution in [2.75, 3.05) is 23.5 Å². The average molecular weight is 468 g/mol. The van der Waals surface area contributed by atoms with E-state index in [0.29, 0.717) is 26.7 Å². The predicted octanol–water partition coefficient (Wildman–Crippen LogP) is 4.18. The molecule has 0 unspecified atom stereocenters. The van der Waals surface area contributed by atoms with Gasteiger partial charge in [-0.3, -0.25) is 14.9 Å². The van der Waals surface area contributed by atoms with E-state index in [1.54, 1.807) is 37.4 Å². The zero-order chi connectivity index (χ0) is 22.3. The van der Waals surface area contributed by atoms with E-state index in [1.807, 2.05) is 30.3 Å². The number of carbonyl (C=O) groups excluding carboxylic acids is 2. The van der Waals surface area contributed by atoms with Gasteiger partial charge >= 0.3 is 0 Å². The highest BCUT2D eigenvalue weighted by molar-refractivity contribution is 8.01. The second-order valence-corrected chi connectivity index (χ2v) is 8.54. The minimum atomic E-state index is -0.459. The van der Waals surface area contributed by atoms with Crippen LogP contribution in [0.5, 0.6) is 5.75 Å². The summed E-state index contributed by atoms with van der Waals surface area (Å²) in [6.07, 6.45) is 0. The van der Waals surface area contributed by atoms with Crippen molar-refractivity contribution in [3.05, 3.63) is 66.4 Å². The Kier molecular flexibility index (Phi) is 6.78. The van der Waals surface area contributed by atoms with Gasteiger partial charge in [0.1, 0.15) is 5.75 Å². The maximum Gasteiger partial charge on any atom is 0.279 e. The standard InChI is InChI=1S/C21H17N5O4S2/c1-29-15-9-5-8-14(10-15)22-18(27)12-31-21-25-24-20(32-21)23-19(28)16-11-17(30-26-16)13-6-3-2-4-7-13/h2-11H,12H2,1H3,(H,22,27)(H,23,24,28). The van der Waals surface area contributed by atoms with E-state index in [1.165, 1.54) is 11.8 Å². The molecule has 9 nitrogen and oxygen atoms in total. The van der Waals surface area contributed by atoms with Gasteiger partial charge in [-0.1, -0.05) is 64.7 Å². The highest BCUT2D eigenvalue weighted by Gasteiger charge is 2.16. The lowest BCUT2D eigenvalue weighted by Gasteiger charge is -2.06. The molecule has 0 aliphatic heterocycles. The summed E-state index contributed by atoms with van der Waals surface area (Å²) in [7, 11) is 1.56. The molecule has 0 bridgehead atoms. The lowest BCUT2D eigenvalue weighted by Crippen LogP contribution is -2.13. The third-order valence-corrected chi connectivity index (χ3v) is 6.08. The molecular formula is C21H17N5O4S2. The first kappa shape index (κ1) is 21.5. The van der Waals surface area contributed by atoms with Crippen LogP contribution in [-0.4, -0.2) is 40.0 Å². The molecule has 2 aromatic heterocycles. The normalized spacial score (nSPS) is 10.5. The first-order valence-electron chi connectivity index (χ1n) is 9.34. The summed E-state index contributed by atoms with van der Waals surface area (Å²) in [5.41, 5.74) is 1.59. The van der Waals surface area contributed by atoms with Crippen LogP contribution in [-0.2, 0) is 4.79 Å². The Hall–Kier alpha value is -3.70. The summed E-state index contributed by atoms with van der Waals surface area (Å²) in [6.45, 7) is 0. The number of hydrogen-bond donors (Lipinski definition) is 2. The maximum atomic E-state index is 12.4. The predicted molar refractivity (Wildman–Crippen MR) is 122 cm³/mol. The number of nitrogens with one attached hydrogen (secondary N) is 2. The second kappa shape index (κ2) is 10.1. The van der Waals surface area contributed by atoms with Crippen molar-refractivity contribution in [3.8, 4) is 17.1 Å². The number of methoxy groups -OCH3 is 1. The fourth-order valence-electron chi connectivity index (χ4n) is 2.63. The summed E-state index contributed by atoms with van der Waals surface area (Å²) in [4.78, 5) is 24.6. The van der Waals surface area contributed by atoms with Gasteiger partial charge in [0.05, 0.1) is 12.9 Å². The van der Waals surface area contributed by atoms with Crippen LogP contribution in [0.15, 0.2) is 69.5 Å².